The molecule has 3 N–H and O–H groups in total. The van der Waals surface area contributed by atoms with Gasteiger partial charge in [-0.15, -0.1) is 0 Å². The minimum atomic E-state index is -0.560. The predicted molar refractivity (Wildman–Crippen MR) is 84.0 cm³/mol. The van der Waals surface area contributed by atoms with Crippen molar-refractivity contribution in [3.05, 3.63) is 34.1 Å². The molecule has 2 aromatic rings. The number of pyridine rings is 1. The Balaban J connectivity index is 2.04. The summed E-state index contributed by atoms with van der Waals surface area (Å²) >= 11 is 0. The molecule has 0 spiro atoms. The van der Waals surface area contributed by atoms with Crippen molar-refractivity contribution < 1.29 is 9.53 Å². The third-order valence-electron chi connectivity index (χ3n) is 4.54. The van der Waals surface area contributed by atoms with E-state index >= 15 is 0 Å². The van der Waals surface area contributed by atoms with Gasteiger partial charge in [-0.3, -0.25) is 4.79 Å². The number of carbonyl (C=O) groups excluding carboxylic acids is 1. The van der Waals surface area contributed by atoms with E-state index in [1.54, 1.807) is 25.2 Å². The first kappa shape index (κ1) is 13.2. The third-order valence-corrected chi connectivity index (χ3v) is 4.54. The average Bonchev–Trinajstić information content (AvgIpc) is 3.32. The topological polar surface area (TPSA) is 86.3 Å². The number of cyclic esters (lactones) is 1. The van der Waals surface area contributed by atoms with Crippen molar-refractivity contribution in [2.75, 3.05) is 17.7 Å². The number of hydrogen-bond donors (Lipinski definition) is 2. The maximum absolute atomic E-state index is 12.6. The minimum Gasteiger partial charge on any atom is -0.460 e. The molecule has 6 heteroatoms. The van der Waals surface area contributed by atoms with Crippen LogP contribution in [0.4, 0.5) is 11.4 Å². The number of nitrogens with one attached hydrogen (secondary N) is 1. The Labute approximate surface area is 126 Å². The van der Waals surface area contributed by atoms with Crippen molar-refractivity contribution in [3.8, 4) is 0 Å². The molecule has 22 heavy (non-hydrogen) atoms. The summed E-state index contributed by atoms with van der Waals surface area (Å²) in [5.41, 5.74) is 7.52. The second kappa shape index (κ2) is 4.50. The highest BCUT2D eigenvalue weighted by molar-refractivity contribution is 6.06. The van der Waals surface area contributed by atoms with E-state index in [0.29, 0.717) is 23.9 Å². The molecule has 1 aliphatic carbocycles. The average molecular weight is 299 g/mol. The Morgan fingerprint density at radius 2 is 2.09 bits per heavy atom. The van der Waals surface area contributed by atoms with Crippen LogP contribution in [0.3, 0.4) is 0 Å². The maximum atomic E-state index is 12.6. The monoisotopic (exact) mass is 299 g/mol. The highest BCUT2D eigenvalue weighted by Crippen LogP contribution is 2.38. The highest BCUT2D eigenvalue weighted by Gasteiger charge is 2.36. The number of nitrogen functional groups attached to an aromatic ring is 1. The number of ether oxygens (including phenoxy) is 1. The molecule has 1 saturated carbocycles. The molecule has 114 valence electrons. The molecule has 0 bridgehead atoms. The molecule has 1 aliphatic heterocycles. The Bertz CT molecular complexity index is 852. The predicted octanol–water partition coefficient (Wildman–Crippen LogP) is 1.48. The fourth-order valence-corrected chi connectivity index (χ4v) is 3.12. The number of nitrogens with zero attached hydrogens (tertiary/aromatic N) is 1. The molecule has 1 aromatic heterocycles. The zero-order valence-electron chi connectivity index (χ0n) is 12.3. The first-order valence-electron chi connectivity index (χ1n) is 7.42. The number of nitrogens with two attached hydrogens (primary N) is 1. The Hall–Kier alpha value is -2.50. The summed E-state index contributed by atoms with van der Waals surface area (Å²) in [5.74, 6) is -0.0607. The Kier molecular flexibility index (Phi) is 2.69. The molecule has 2 heterocycles. The standard InChI is InChI=1S/C16H17N3O3/c1-19-12-5-4-9(17)6-10(12)14-13(15(19)20)16(21)22-7-11(18-14)8-2-3-8/h4-6,8,11,18H,2-3,7,17H2,1H3. The van der Waals surface area contributed by atoms with E-state index in [-0.39, 0.29) is 17.2 Å². The van der Waals surface area contributed by atoms with Crippen molar-refractivity contribution >= 4 is 28.2 Å². The summed E-state index contributed by atoms with van der Waals surface area (Å²) in [4.78, 5) is 24.8. The van der Waals surface area contributed by atoms with Crippen molar-refractivity contribution in [3.63, 3.8) is 0 Å². The Morgan fingerprint density at radius 3 is 2.82 bits per heavy atom. The van der Waals surface area contributed by atoms with Gasteiger partial charge in [0.05, 0.1) is 17.2 Å². The zero-order chi connectivity index (χ0) is 15.4. The van der Waals surface area contributed by atoms with Crippen LogP contribution in [0.2, 0.25) is 0 Å². The van der Waals surface area contributed by atoms with Gasteiger partial charge in [0, 0.05) is 18.1 Å². The molecule has 0 saturated heterocycles. The summed E-state index contributed by atoms with van der Waals surface area (Å²) < 4.78 is 6.78. The van der Waals surface area contributed by atoms with Crippen LogP contribution >= 0.6 is 0 Å². The van der Waals surface area contributed by atoms with E-state index in [4.69, 9.17) is 10.5 Å². The van der Waals surface area contributed by atoms with Gasteiger partial charge in [-0.25, -0.2) is 4.79 Å². The van der Waals surface area contributed by atoms with Crippen LogP contribution in [0.1, 0.15) is 23.2 Å². The molecule has 0 radical (unpaired) electrons. The van der Waals surface area contributed by atoms with E-state index in [1.165, 1.54) is 4.57 Å². The lowest BCUT2D eigenvalue weighted by molar-refractivity contribution is 0.0491. The lowest BCUT2D eigenvalue weighted by atomic mass is 10.1. The quantitative estimate of drug-likeness (QED) is 0.615. The number of fused-ring (bicyclic) bond motifs is 3. The number of rotatable bonds is 1. The smallest absolute Gasteiger partial charge is 0.346 e. The Morgan fingerprint density at radius 1 is 1.32 bits per heavy atom. The van der Waals surface area contributed by atoms with Crippen LogP contribution in [-0.2, 0) is 11.8 Å². The van der Waals surface area contributed by atoms with E-state index in [9.17, 15) is 9.59 Å². The fourth-order valence-electron chi connectivity index (χ4n) is 3.12. The van der Waals surface area contributed by atoms with Gasteiger partial charge in [-0.05, 0) is 37.0 Å². The van der Waals surface area contributed by atoms with Gasteiger partial charge in [0.1, 0.15) is 12.2 Å². The first-order chi connectivity index (χ1) is 10.6. The summed E-state index contributed by atoms with van der Waals surface area (Å²) in [7, 11) is 1.65. The third kappa shape index (κ3) is 1.87. The molecule has 0 amide bonds. The van der Waals surface area contributed by atoms with Crippen molar-refractivity contribution in [1.82, 2.24) is 4.57 Å². The largest absolute Gasteiger partial charge is 0.460 e. The highest BCUT2D eigenvalue weighted by atomic mass is 16.5. The second-order valence-electron chi connectivity index (χ2n) is 6.08. The van der Waals surface area contributed by atoms with E-state index < -0.39 is 5.97 Å². The molecule has 4 rings (SSSR count). The molecule has 1 aromatic carbocycles. The van der Waals surface area contributed by atoms with Crippen molar-refractivity contribution in [2.24, 2.45) is 13.0 Å². The molecule has 1 fully saturated rings. The van der Waals surface area contributed by atoms with E-state index in [2.05, 4.69) is 5.32 Å². The van der Waals surface area contributed by atoms with Gasteiger partial charge in [0.25, 0.3) is 5.56 Å². The first-order valence-corrected chi connectivity index (χ1v) is 7.42. The molecule has 1 atom stereocenters. The molecule has 1 unspecified atom stereocenters. The van der Waals surface area contributed by atoms with Gasteiger partial charge in [-0.1, -0.05) is 0 Å². The molecular weight excluding hydrogens is 282 g/mol. The van der Waals surface area contributed by atoms with Gasteiger partial charge in [0.15, 0.2) is 0 Å². The van der Waals surface area contributed by atoms with Crippen LogP contribution in [0.15, 0.2) is 23.0 Å². The summed E-state index contributed by atoms with van der Waals surface area (Å²) in [6.45, 7) is 0.297. The van der Waals surface area contributed by atoms with Gasteiger partial charge in [-0.2, -0.15) is 0 Å². The van der Waals surface area contributed by atoms with Crippen LogP contribution in [-0.4, -0.2) is 23.2 Å². The molecule has 2 aliphatic rings. The maximum Gasteiger partial charge on any atom is 0.346 e. The molecular formula is C16H17N3O3. The van der Waals surface area contributed by atoms with Gasteiger partial charge in [0.2, 0.25) is 0 Å². The number of aromatic nitrogens is 1. The van der Waals surface area contributed by atoms with Gasteiger partial charge < -0.3 is 20.4 Å². The SMILES string of the molecule is Cn1c(=O)c2c(c3cc(N)ccc31)NC(C1CC1)COC2=O. The number of esters is 1. The minimum absolute atomic E-state index is 0.0573. The number of hydrogen-bond acceptors (Lipinski definition) is 5. The number of aryl methyl sites for hydroxylation is 1. The molecule has 6 nitrogen and oxygen atoms in total. The van der Waals surface area contributed by atoms with E-state index in [0.717, 1.165) is 23.7 Å². The fraction of sp³-hybridized carbons (Fsp3) is 0.375. The van der Waals surface area contributed by atoms with Crippen LogP contribution in [0.5, 0.6) is 0 Å². The van der Waals surface area contributed by atoms with Crippen LogP contribution < -0.4 is 16.6 Å². The number of anilines is 2. The summed E-state index contributed by atoms with van der Waals surface area (Å²) in [6.07, 6.45) is 2.24. The van der Waals surface area contributed by atoms with Crippen molar-refractivity contribution in [2.45, 2.75) is 18.9 Å². The second-order valence-corrected chi connectivity index (χ2v) is 6.08. The number of carbonyl (C=O) groups is 1. The van der Waals surface area contributed by atoms with Crippen molar-refractivity contribution in [1.29, 1.82) is 0 Å². The zero-order valence-corrected chi connectivity index (χ0v) is 12.3. The van der Waals surface area contributed by atoms with Crippen LogP contribution in [0.25, 0.3) is 10.9 Å². The lowest BCUT2D eigenvalue weighted by Crippen LogP contribution is -2.27. The lowest BCUT2D eigenvalue weighted by Gasteiger charge is -2.18. The van der Waals surface area contributed by atoms with Crippen LogP contribution in [0, 0.1) is 5.92 Å². The summed E-state index contributed by atoms with van der Waals surface area (Å²) in [6, 6.07) is 5.41. The number of benzene rings is 1. The van der Waals surface area contributed by atoms with E-state index in [1.807, 2.05) is 0 Å². The van der Waals surface area contributed by atoms with Gasteiger partial charge >= 0.3 is 5.97 Å². The summed E-state index contributed by atoms with van der Waals surface area (Å²) in [5, 5.41) is 4.15. The normalized spacial score (nSPS) is 21.0.